The SMILES string of the molecule is CN(Cc1ncn[nH]1)C(=O)[C@@H]1CC(=O)N(C2CCCC2)C1. The fraction of sp³-hybridized carbons (Fsp3) is 0.714. The quantitative estimate of drug-likeness (QED) is 0.878. The molecule has 0 radical (unpaired) electrons. The maximum Gasteiger partial charge on any atom is 0.228 e. The zero-order valence-corrected chi connectivity index (χ0v) is 12.3. The van der Waals surface area contributed by atoms with Crippen LogP contribution in [0.5, 0.6) is 0 Å². The van der Waals surface area contributed by atoms with E-state index in [9.17, 15) is 9.59 Å². The highest BCUT2D eigenvalue weighted by Crippen LogP contribution is 2.30. The van der Waals surface area contributed by atoms with Crippen LogP contribution in [0.15, 0.2) is 6.33 Å². The third kappa shape index (κ3) is 2.91. The van der Waals surface area contributed by atoms with Crippen LogP contribution in [0.2, 0.25) is 0 Å². The minimum absolute atomic E-state index is 0.0141. The summed E-state index contributed by atoms with van der Waals surface area (Å²) in [5.74, 6) is 0.586. The van der Waals surface area contributed by atoms with Crippen LogP contribution in [0.25, 0.3) is 0 Å². The average Bonchev–Trinajstić information content (AvgIpc) is 3.17. The van der Waals surface area contributed by atoms with Gasteiger partial charge < -0.3 is 9.80 Å². The van der Waals surface area contributed by atoms with E-state index in [1.54, 1.807) is 11.9 Å². The van der Waals surface area contributed by atoms with E-state index in [4.69, 9.17) is 0 Å². The lowest BCUT2D eigenvalue weighted by molar-refractivity contribution is -0.135. The molecule has 2 heterocycles. The van der Waals surface area contributed by atoms with E-state index in [2.05, 4.69) is 15.2 Å². The van der Waals surface area contributed by atoms with E-state index in [1.165, 1.54) is 19.2 Å². The lowest BCUT2D eigenvalue weighted by Crippen LogP contribution is -2.37. The van der Waals surface area contributed by atoms with Crippen LogP contribution in [0.3, 0.4) is 0 Å². The first-order valence-corrected chi connectivity index (χ1v) is 7.54. The van der Waals surface area contributed by atoms with Crippen LogP contribution >= 0.6 is 0 Å². The Morgan fingerprint density at radius 1 is 1.48 bits per heavy atom. The molecule has 1 aliphatic heterocycles. The van der Waals surface area contributed by atoms with Gasteiger partial charge in [-0.05, 0) is 12.8 Å². The van der Waals surface area contributed by atoms with Crippen molar-refractivity contribution < 1.29 is 9.59 Å². The van der Waals surface area contributed by atoms with E-state index in [1.807, 2.05) is 4.90 Å². The number of amides is 2. The highest BCUT2D eigenvalue weighted by molar-refractivity contribution is 5.89. The second-order valence-electron chi connectivity index (χ2n) is 6.01. The van der Waals surface area contributed by atoms with E-state index in [-0.39, 0.29) is 17.7 Å². The molecule has 7 nitrogen and oxygen atoms in total. The van der Waals surface area contributed by atoms with Gasteiger partial charge in [0.05, 0.1) is 12.5 Å². The summed E-state index contributed by atoms with van der Waals surface area (Å²) in [5, 5.41) is 6.52. The Labute approximate surface area is 123 Å². The molecule has 0 unspecified atom stereocenters. The topological polar surface area (TPSA) is 82.2 Å². The van der Waals surface area contributed by atoms with Crippen LogP contribution in [-0.4, -0.2) is 56.4 Å². The zero-order valence-electron chi connectivity index (χ0n) is 12.3. The molecule has 1 saturated heterocycles. The molecule has 1 aliphatic carbocycles. The maximum absolute atomic E-state index is 12.5. The van der Waals surface area contributed by atoms with Crippen LogP contribution < -0.4 is 0 Å². The number of carbonyl (C=O) groups is 2. The van der Waals surface area contributed by atoms with Crippen LogP contribution in [0.4, 0.5) is 0 Å². The lowest BCUT2D eigenvalue weighted by atomic mass is 10.1. The monoisotopic (exact) mass is 291 g/mol. The number of likely N-dealkylation sites (tertiary alicyclic amines) is 1. The summed E-state index contributed by atoms with van der Waals surface area (Å²) in [7, 11) is 1.74. The highest BCUT2D eigenvalue weighted by atomic mass is 16.2. The smallest absolute Gasteiger partial charge is 0.228 e. The third-order valence-corrected chi connectivity index (χ3v) is 4.50. The van der Waals surface area contributed by atoms with Gasteiger partial charge in [0.25, 0.3) is 0 Å². The molecule has 0 aromatic carbocycles. The number of H-pyrrole nitrogens is 1. The molecule has 1 atom stereocenters. The van der Waals surface area contributed by atoms with Crippen molar-refractivity contribution >= 4 is 11.8 Å². The van der Waals surface area contributed by atoms with E-state index < -0.39 is 0 Å². The van der Waals surface area contributed by atoms with Crippen molar-refractivity contribution in [1.82, 2.24) is 25.0 Å². The standard InChI is InChI=1S/C14H21N5O2/c1-18(8-12-15-9-16-17-12)14(21)10-6-13(20)19(7-10)11-4-2-3-5-11/h9-11H,2-8H2,1H3,(H,15,16,17)/t10-/m1/s1. The Morgan fingerprint density at radius 3 is 2.90 bits per heavy atom. The van der Waals surface area contributed by atoms with Crippen molar-refractivity contribution in [2.24, 2.45) is 5.92 Å². The Balaban J connectivity index is 1.59. The number of hydrogen-bond acceptors (Lipinski definition) is 4. The molecule has 1 aromatic heterocycles. The summed E-state index contributed by atoms with van der Waals surface area (Å²) in [6.45, 7) is 0.968. The molecule has 0 spiro atoms. The molecule has 1 aromatic rings. The van der Waals surface area contributed by atoms with Gasteiger partial charge in [0.2, 0.25) is 11.8 Å². The number of hydrogen-bond donors (Lipinski definition) is 1. The molecule has 114 valence electrons. The van der Waals surface area contributed by atoms with Gasteiger partial charge in [-0.3, -0.25) is 14.7 Å². The summed E-state index contributed by atoms with van der Waals surface area (Å²) >= 11 is 0. The normalized spacial score (nSPS) is 23.0. The molecule has 2 amide bonds. The number of nitrogens with one attached hydrogen (secondary N) is 1. The zero-order chi connectivity index (χ0) is 14.8. The highest BCUT2D eigenvalue weighted by Gasteiger charge is 2.39. The van der Waals surface area contributed by atoms with E-state index >= 15 is 0 Å². The van der Waals surface area contributed by atoms with Crippen LogP contribution in [0, 0.1) is 5.92 Å². The summed E-state index contributed by atoms with van der Waals surface area (Å²) in [6.07, 6.45) is 6.32. The van der Waals surface area contributed by atoms with Crippen LogP contribution in [-0.2, 0) is 16.1 Å². The van der Waals surface area contributed by atoms with Crippen molar-refractivity contribution in [3.05, 3.63) is 12.2 Å². The molecular formula is C14H21N5O2. The Morgan fingerprint density at radius 2 is 2.24 bits per heavy atom. The molecule has 21 heavy (non-hydrogen) atoms. The second-order valence-corrected chi connectivity index (χ2v) is 6.01. The molecule has 0 bridgehead atoms. The Bertz CT molecular complexity index is 509. The first-order valence-electron chi connectivity index (χ1n) is 7.54. The molecular weight excluding hydrogens is 270 g/mol. The number of carbonyl (C=O) groups excluding carboxylic acids is 2. The van der Waals surface area contributed by atoms with Crippen molar-refractivity contribution in [3.8, 4) is 0 Å². The predicted octanol–water partition coefficient (Wildman–Crippen LogP) is 0.554. The number of nitrogens with zero attached hydrogens (tertiary/aromatic N) is 4. The molecule has 2 aliphatic rings. The van der Waals surface area contributed by atoms with Crippen LogP contribution in [0.1, 0.15) is 37.9 Å². The Hall–Kier alpha value is -1.92. The summed E-state index contributed by atoms with van der Waals surface area (Å²) in [4.78, 5) is 32.2. The maximum atomic E-state index is 12.5. The summed E-state index contributed by atoms with van der Waals surface area (Å²) in [5.41, 5.74) is 0. The number of rotatable bonds is 4. The van der Waals surface area contributed by atoms with Crippen molar-refractivity contribution in [2.75, 3.05) is 13.6 Å². The van der Waals surface area contributed by atoms with Crippen molar-refractivity contribution in [2.45, 2.75) is 44.7 Å². The summed E-state index contributed by atoms with van der Waals surface area (Å²) < 4.78 is 0. The van der Waals surface area contributed by atoms with Gasteiger partial charge in [-0.25, -0.2) is 4.98 Å². The van der Waals surface area contributed by atoms with E-state index in [0.29, 0.717) is 31.4 Å². The van der Waals surface area contributed by atoms with Crippen molar-refractivity contribution in [1.29, 1.82) is 0 Å². The van der Waals surface area contributed by atoms with Gasteiger partial charge in [0.1, 0.15) is 12.2 Å². The second kappa shape index (κ2) is 5.83. The average molecular weight is 291 g/mol. The van der Waals surface area contributed by atoms with Gasteiger partial charge in [-0.2, -0.15) is 5.10 Å². The summed E-state index contributed by atoms with van der Waals surface area (Å²) in [6, 6.07) is 0.356. The van der Waals surface area contributed by atoms with Gasteiger partial charge in [0, 0.05) is 26.1 Å². The molecule has 3 rings (SSSR count). The van der Waals surface area contributed by atoms with Crippen molar-refractivity contribution in [3.63, 3.8) is 0 Å². The fourth-order valence-corrected chi connectivity index (χ4v) is 3.39. The van der Waals surface area contributed by atoms with E-state index in [0.717, 1.165) is 12.8 Å². The number of aromatic nitrogens is 3. The minimum Gasteiger partial charge on any atom is -0.339 e. The fourth-order valence-electron chi connectivity index (χ4n) is 3.39. The molecule has 7 heteroatoms. The molecule has 1 saturated carbocycles. The van der Waals surface area contributed by atoms with Gasteiger partial charge >= 0.3 is 0 Å². The number of aromatic amines is 1. The first-order chi connectivity index (χ1) is 10.1. The van der Waals surface area contributed by atoms with Gasteiger partial charge in [0.15, 0.2) is 0 Å². The predicted molar refractivity (Wildman–Crippen MR) is 74.9 cm³/mol. The molecule has 1 N–H and O–H groups in total. The largest absolute Gasteiger partial charge is 0.339 e. The Kier molecular flexibility index (Phi) is 3.90. The third-order valence-electron chi connectivity index (χ3n) is 4.50. The van der Waals surface area contributed by atoms with Gasteiger partial charge in [-0.15, -0.1) is 0 Å². The lowest BCUT2D eigenvalue weighted by Gasteiger charge is -2.25. The van der Waals surface area contributed by atoms with Gasteiger partial charge in [-0.1, -0.05) is 12.8 Å². The first kappa shape index (κ1) is 14.0. The minimum atomic E-state index is -0.217. The molecule has 2 fully saturated rings.